The van der Waals surface area contributed by atoms with Crippen molar-refractivity contribution in [3.8, 4) is 11.3 Å². The van der Waals surface area contributed by atoms with Gasteiger partial charge in [-0.3, -0.25) is 10.3 Å². The SMILES string of the molecule is CCc1ccc(Cc2cc(-c3ccc[n+](COP(=O)(O)OC(C)(C)C)c3N)on2)cc1. The Bertz CT molecular complexity index is 1070. The van der Waals surface area contributed by atoms with Crippen molar-refractivity contribution in [3.63, 3.8) is 0 Å². The van der Waals surface area contributed by atoms with Gasteiger partial charge in [-0.25, -0.2) is 13.7 Å². The highest BCUT2D eigenvalue weighted by molar-refractivity contribution is 7.47. The zero-order chi connectivity index (χ0) is 22.6. The lowest BCUT2D eigenvalue weighted by molar-refractivity contribution is -0.712. The molecule has 8 nitrogen and oxygen atoms in total. The Kier molecular flexibility index (Phi) is 6.96. The van der Waals surface area contributed by atoms with Crippen molar-refractivity contribution in [2.45, 2.75) is 52.9 Å². The molecule has 2 aromatic heterocycles. The molecule has 9 heteroatoms. The van der Waals surface area contributed by atoms with Crippen LogP contribution in [0.25, 0.3) is 11.3 Å². The third-order valence-corrected chi connectivity index (χ3v) is 5.72. The molecule has 0 fully saturated rings. The van der Waals surface area contributed by atoms with Crippen molar-refractivity contribution in [1.82, 2.24) is 5.16 Å². The summed E-state index contributed by atoms with van der Waals surface area (Å²) in [6.45, 7) is 6.87. The van der Waals surface area contributed by atoms with Gasteiger partial charge in [0.15, 0.2) is 5.76 Å². The van der Waals surface area contributed by atoms with Gasteiger partial charge in [0.2, 0.25) is 6.73 Å². The Balaban J connectivity index is 1.73. The number of anilines is 1. The molecule has 0 aliphatic rings. The molecule has 0 amide bonds. The van der Waals surface area contributed by atoms with Crippen LogP contribution in [0.1, 0.15) is 44.5 Å². The monoisotopic (exact) mass is 446 g/mol. The first kappa shape index (κ1) is 23.2. The fraction of sp³-hybridized carbons (Fsp3) is 0.364. The summed E-state index contributed by atoms with van der Waals surface area (Å²) >= 11 is 0. The van der Waals surface area contributed by atoms with E-state index in [1.807, 2.05) is 6.07 Å². The van der Waals surface area contributed by atoms with E-state index in [0.29, 0.717) is 23.6 Å². The van der Waals surface area contributed by atoms with Crippen LogP contribution in [0.4, 0.5) is 5.82 Å². The lowest BCUT2D eigenvalue weighted by Crippen LogP contribution is -2.38. The van der Waals surface area contributed by atoms with Gasteiger partial charge >= 0.3 is 7.82 Å². The first-order chi connectivity index (χ1) is 14.6. The van der Waals surface area contributed by atoms with Gasteiger partial charge in [-0.2, -0.15) is 0 Å². The molecule has 166 valence electrons. The first-order valence-corrected chi connectivity index (χ1v) is 11.6. The molecule has 1 atom stereocenters. The molecule has 0 spiro atoms. The number of aryl methyl sites for hydroxylation is 1. The highest BCUT2D eigenvalue weighted by Crippen LogP contribution is 2.47. The van der Waals surface area contributed by atoms with E-state index in [-0.39, 0.29) is 6.73 Å². The molecule has 0 aliphatic heterocycles. The lowest BCUT2D eigenvalue weighted by atomic mass is 10.1. The molecule has 0 aliphatic carbocycles. The molecule has 1 aromatic carbocycles. The summed E-state index contributed by atoms with van der Waals surface area (Å²) in [7, 11) is -4.24. The van der Waals surface area contributed by atoms with Crippen LogP contribution in [0.15, 0.2) is 53.2 Å². The summed E-state index contributed by atoms with van der Waals surface area (Å²) in [5.74, 6) is 0.818. The smallest absolute Gasteiger partial charge is 0.356 e. The number of nitrogens with two attached hydrogens (primary N) is 1. The second-order valence-corrected chi connectivity index (χ2v) is 9.61. The molecule has 3 rings (SSSR count). The normalized spacial score (nSPS) is 13.8. The van der Waals surface area contributed by atoms with Gasteiger partial charge in [-0.15, -0.1) is 0 Å². The standard InChI is InChI=1S/C22H28N3O5P/c1-5-16-8-10-17(11-9-16)13-18-14-20(29-24-18)19-7-6-12-25(21(19)23)15-28-31(26,27)30-22(2,3)4/h6-12,14,23H,5,13,15H2,1-4H3,(H,26,27)/p+1. The van der Waals surface area contributed by atoms with Crippen molar-refractivity contribution in [3.05, 3.63) is 65.5 Å². The van der Waals surface area contributed by atoms with Crippen molar-refractivity contribution in [2.75, 3.05) is 5.73 Å². The first-order valence-electron chi connectivity index (χ1n) is 10.1. The summed E-state index contributed by atoms with van der Waals surface area (Å²) in [6, 6.07) is 13.8. The molecular weight excluding hydrogens is 417 g/mol. The molecule has 3 N–H and O–H groups in total. The summed E-state index contributed by atoms with van der Waals surface area (Å²) in [6.07, 6.45) is 3.28. The lowest BCUT2D eigenvalue weighted by Gasteiger charge is -2.22. The summed E-state index contributed by atoms with van der Waals surface area (Å²) < 4.78 is 29.3. The van der Waals surface area contributed by atoms with E-state index < -0.39 is 13.4 Å². The number of nitrogen functional groups attached to an aromatic ring is 1. The van der Waals surface area contributed by atoms with Crippen LogP contribution in [0.3, 0.4) is 0 Å². The number of rotatable bonds is 8. The van der Waals surface area contributed by atoms with Crippen molar-refractivity contribution < 1.29 is 27.6 Å². The topological polar surface area (TPSA) is 112 Å². The van der Waals surface area contributed by atoms with Crippen molar-refractivity contribution in [2.24, 2.45) is 0 Å². The summed E-state index contributed by atoms with van der Waals surface area (Å²) in [4.78, 5) is 9.89. The van der Waals surface area contributed by atoms with Crippen molar-refractivity contribution >= 4 is 13.6 Å². The Morgan fingerprint density at radius 3 is 2.52 bits per heavy atom. The fourth-order valence-electron chi connectivity index (χ4n) is 3.02. The van der Waals surface area contributed by atoms with Crippen LogP contribution in [-0.4, -0.2) is 15.7 Å². The maximum atomic E-state index is 12.1. The Morgan fingerprint density at radius 1 is 1.19 bits per heavy atom. The third kappa shape index (κ3) is 6.48. The molecular formula is C22H29N3O5P+. The number of nitrogens with zero attached hydrogens (tertiary/aromatic N) is 2. The summed E-state index contributed by atoms with van der Waals surface area (Å²) in [5, 5.41) is 4.15. The Hall–Kier alpha value is -2.51. The van der Waals surface area contributed by atoms with E-state index in [1.165, 1.54) is 10.1 Å². The number of phosphoric ester groups is 1. The van der Waals surface area contributed by atoms with E-state index in [4.69, 9.17) is 19.3 Å². The average Bonchev–Trinajstić information content (AvgIpc) is 3.14. The number of benzene rings is 1. The number of pyridine rings is 1. The van der Waals surface area contributed by atoms with Gasteiger partial charge in [0, 0.05) is 12.5 Å². The maximum absolute atomic E-state index is 12.1. The van der Waals surface area contributed by atoms with Crippen LogP contribution < -0.4 is 10.3 Å². The van der Waals surface area contributed by atoms with E-state index in [2.05, 4.69) is 36.3 Å². The molecule has 2 heterocycles. The van der Waals surface area contributed by atoms with Crippen LogP contribution in [0.5, 0.6) is 0 Å². The minimum absolute atomic E-state index is 0.256. The molecule has 0 radical (unpaired) electrons. The number of aromatic nitrogens is 2. The average molecular weight is 446 g/mol. The molecule has 31 heavy (non-hydrogen) atoms. The zero-order valence-electron chi connectivity index (χ0n) is 18.2. The van der Waals surface area contributed by atoms with Crippen molar-refractivity contribution in [1.29, 1.82) is 0 Å². The number of phosphoric acid groups is 1. The fourth-order valence-corrected chi connectivity index (χ4v) is 4.03. The van der Waals surface area contributed by atoms with E-state index in [0.717, 1.165) is 17.7 Å². The van der Waals surface area contributed by atoms with Gasteiger partial charge in [0.25, 0.3) is 5.82 Å². The maximum Gasteiger partial charge on any atom is 0.475 e. The predicted molar refractivity (Wildman–Crippen MR) is 117 cm³/mol. The van der Waals surface area contributed by atoms with Gasteiger partial charge in [0.05, 0.1) is 17.5 Å². The van der Waals surface area contributed by atoms with Crippen LogP contribution in [0.2, 0.25) is 0 Å². The molecule has 0 saturated heterocycles. The van der Waals surface area contributed by atoms with Gasteiger partial charge in [0.1, 0.15) is 5.56 Å². The van der Waals surface area contributed by atoms with E-state index in [9.17, 15) is 9.46 Å². The number of hydrogen-bond acceptors (Lipinski definition) is 6. The highest BCUT2D eigenvalue weighted by Gasteiger charge is 2.30. The van der Waals surface area contributed by atoms with Gasteiger partial charge in [-0.05, 0) is 50.5 Å². The molecule has 3 aromatic rings. The minimum Gasteiger partial charge on any atom is -0.356 e. The molecule has 0 bridgehead atoms. The highest BCUT2D eigenvalue weighted by atomic mass is 31.2. The van der Waals surface area contributed by atoms with Crippen LogP contribution >= 0.6 is 7.82 Å². The quantitative estimate of drug-likeness (QED) is 0.393. The Morgan fingerprint density at radius 2 is 1.87 bits per heavy atom. The van der Waals surface area contributed by atoms with E-state index in [1.54, 1.807) is 39.1 Å². The van der Waals surface area contributed by atoms with Gasteiger partial charge < -0.3 is 9.42 Å². The second kappa shape index (κ2) is 9.32. The molecule has 0 saturated carbocycles. The Labute approximate surface area is 182 Å². The predicted octanol–water partition coefficient (Wildman–Crippen LogP) is 4.25. The van der Waals surface area contributed by atoms with Crippen LogP contribution in [-0.2, 0) is 33.2 Å². The minimum atomic E-state index is -4.24. The number of hydrogen-bond donors (Lipinski definition) is 2. The van der Waals surface area contributed by atoms with E-state index >= 15 is 0 Å². The van der Waals surface area contributed by atoms with Crippen LogP contribution in [0, 0.1) is 0 Å². The largest absolute Gasteiger partial charge is 0.475 e. The zero-order valence-corrected chi connectivity index (χ0v) is 19.1. The summed E-state index contributed by atoms with van der Waals surface area (Å²) in [5.41, 5.74) is 9.24. The molecule has 1 unspecified atom stereocenters. The van der Waals surface area contributed by atoms with Gasteiger partial charge in [-0.1, -0.05) is 36.3 Å². The second-order valence-electron chi connectivity index (χ2n) is 8.24. The third-order valence-electron chi connectivity index (χ3n) is 4.50.